The number of nitrogens with one attached hydrogen (secondary N) is 3. The maximum Gasteiger partial charge on any atom is 0.414 e. The van der Waals surface area contributed by atoms with E-state index in [9.17, 15) is 24.0 Å². The van der Waals surface area contributed by atoms with Crippen LogP contribution in [0.2, 0.25) is 0 Å². The molecule has 0 aliphatic carbocycles. The summed E-state index contributed by atoms with van der Waals surface area (Å²) >= 11 is 0. The molecule has 0 atom stereocenters. The second-order valence-electron chi connectivity index (χ2n) is 9.83. The first-order chi connectivity index (χ1) is 19.4. The highest BCUT2D eigenvalue weighted by Crippen LogP contribution is 2.12. The molecule has 0 bridgehead atoms. The molecule has 0 fully saturated rings. The van der Waals surface area contributed by atoms with Gasteiger partial charge >= 0.3 is 18.2 Å². The number of hydrogen-bond donors (Lipinski definition) is 3. The Kier molecular flexibility index (Phi) is 10.4. The van der Waals surface area contributed by atoms with Crippen LogP contribution in [0.5, 0.6) is 0 Å². The number of carbonyl (C=O) groups excluding carboxylic acids is 4. The molecule has 3 N–H and O–H groups in total. The van der Waals surface area contributed by atoms with Crippen molar-refractivity contribution in [3.63, 3.8) is 0 Å². The summed E-state index contributed by atoms with van der Waals surface area (Å²) < 4.78 is 16.7. The van der Waals surface area contributed by atoms with Gasteiger partial charge in [-0.15, -0.1) is 0 Å². The maximum absolute atomic E-state index is 13.2. The summed E-state index contributed by atoms with van der Waals surface area (Å²) in [6, 6.07) is 10.5. The number of benzene rings is 1. The highest BCUT2D eigenvalue weighted by molar-refractivity contribution is 5.86. The molecule has 41 heavy (non-hydrogen) atoms. The Hall–Kier alpha value is -4.88. The van der Waals surface area contributed by atoms with E-state index >= 15 is 0 Å². The number of alkyl carbamates (subject to hydrolysis) is 1. The fraction of sp³-hybridized carbons (Fsp3) is 0.407. The van der Waals surface area contributed by atoms with Crippen molar-refractivity contribution in [2.24, 2.45) is 0 Å². The lowest BCUT2D eigenvalue weighted by Crippen LogP contribution is -2.44. The molecule has 0 unspecified atom stereocenters. The summed E-state index contributed by atoms with van der Waals surface area (Å²) in [6.45, 7) is 6.33. The van der Waals surface area contributed by atoms with Crippen molar-refractivity contribution in [1.82, 2.24) is 24.8 Å². The van der Waals surface area contributed by atoms with Crippen LogP contribution in [-0.2, 0) is 37.0 Å². The van der Waals surface area contributed by atoms with E-state index in [-0.39, 0.29) is 56.4 Å². The average Bonchev–Trinajstić information content (AvgIpc) is 3.29. The SMILES string of the molecule is CCOC(=O)CN(CCNC(=O)OC(C)(C)C)C(=O)Cn1ccc2c(=O)[nH]c(NC(=O)OCc3ccccc3)nc21. The quantitative estimate of drug-likeness (QED) is 0.231. The summed E-state index contributed by atoms with van der Waals surface area (Å²) in [7, 11) is 0. The predicted molar refractivity (Wildman–Crippen MR) is 148 cm³/mol. The largest absolute Gasteiger partial charge is 0.465 e. The van der Waals surface area contributed by atoms with E-state index in [0.717, 1.165) is 5.56 Å². The number of amides is 3. The molecule has 220 valence electrons. The van der Waals surface area contributed by atoms with E-state index in [2.05, 4.69) is 20.6 Å². The van der Waals surface area contributed by atoms with Crippen LogP contribution in [0.1, 0.15) is 33.3 Å². The number of anilines is 1. The Bertz CT molecular complexity index is 1430. The zero-order valence-corrected chi connectivity index (χ0v) is 23.4. The molecule has 2 heterocycles. The molecular formula is C27H34N6O8. The second-order valence-corrected chi connectivity index (χ2v) is 9.83. The molecule has 0 aliphatic rings. The third-order valence-corrected chi connectivity index (χ3v) is 5.40. The van der Waals surface area contributed by atoms with Crippen molar-refractivity contribution in [2.45, 2.75) is 46.4 Å². The van der Waals surface area contributed by atoms with Gasteiger partial charge in [0, 0.05) is 19.3 Å². The number of nitrogens with zero attached hydrogens (tertiary/aromatic N) is 3. The lowest BCUT2D eigenvalue weighted by Gasteiger charge is -2.23. The Labute approximate surface area is 236 Å². The topological polar surface area (TPSA) is 174 Å². The van der Waals surface area contributed by atoms with Gasteiger partial charge in [0.15, 0.2) is 0 Å². The lowest BCUT2D eigenvalue weighted by molar-refractivity contribution is -0.149. The number of H-pyrrole nitrogens is 1. The molecule has 14 nitrogen and oxygen atoms in total. The van der Waals surface area contributed by atoms with Crippen LogP contribution < -0.4 is 16.2 Å². The number of ether oxygens (including phenoxy) is 3. The van der Waals surface area contributed by atoms with Crippen molar-refractivity contribution in [3.8, 4) is 0 Å². The van der Waals surface area contributed by atoms with Gasteiger partial charge in [0.05, 0.1) is 12.0 Å². The first-order valence-electron chi connectivity index (χ1n) is 12.9. The molecule has 0 saturated carbocycles. The predicted octanol–water partition coefficient (Wildman–Crippen LogP) is 2.39. The summed E-state index contributed by atoms with van der Waals surface area (Å²) in [5, 5.41) is 5.12. The highest BCUT2D eigenvalue weighted by atomic mass is 16.6. The van der Waals surface area contributed by atoms with Crippen LogP contribution in [0.15, 0.2) is 47.4 Å². The maximum atomic E-state index is 13.2. The Morgan fingerprint density at radius 2 is 1.78 bits per heavy atom. The first kappa shape index (κ1) is 30.7. The van der Waals surface area contributed by atoms with E-state index in [1.807, 2.05) is 18.2 Å². The van der Waals surface area contributed by atoms with Crippen LogP contribution in [0, 0.1) is 0 Å². The van der Waals surface area contributed by atoms with Crippen LogP contribution in [0.4, 0.5) is 15.5 Å². The smallest absolute Gasteiger partial charge is 0.414 e. The molecule has 0 radical (unpaired) electrons. The van der Waals surface area contributed by atoms with Gasteiger partial charge in [-0.1, -0.05) is 30.3 Å². The first-order valence-corrected chi connectivity index (χ1v) is 12.9. The third kappa shape index (κ3) is 9.67. The minimum atomic E-state index is -0.830. The molecule has 2 aromatic heterocycles. The monoisotopic (exact) mass is 570 g/mol. The van der Waals surface area contributed by atoms with Gasteiger partial charge in [0.1, 0.15) is 30.9 Å². The van der Waals surface area contributed by atoms with Crippen molar-refractivity contribution >= 4 is 41.0 Å². The number of rotatable bonds is 11. The fourth-order valence-corrected chi connectivity index (χ4v) is 3.62. The molecule has 0 aliphatic heterocycles. The summed E-state index contributed by atoms with van der Waals surface area (Å²) in [4.78, 5) is 70.2. The Morgan fingerprint density at radius 1 is 1.05 bits per heavy atom. The highest BCUT2D eigenvalue weighted by Gasteiger charge is 2.21. The fourth-order valence-electron chi connectivity index (χ4n) is 3.62. The number of aromatic nitrogens is 3. The molecule has 1 aromatic carbocycles. The third-order valence-electron chi connectivity index (χ3n) is 5.40. The number of fused-ring (bicyclic) bond motifs is 1. The Balaban J connectivity index is 1.70. The van der Waals surface area contributed by atoms with Crippen molar-refractivity contribution < 1.29 is 33.4 Å². The molecule has 0 spiro atoms. The summed E-state index contributed by atoms with van der Waals surface area (Å²) in [5.74, 6) is -1.29. The van der Waals surface area contributed by atoms with Crippen LogP contribution in [-0.4, -0.2) is 75.3 Å². The van der Waals surface area contributed by atoms with Crippen molar-refractivity contribution in [2.75, 3.05) is 31.6 Å². The minimum absolute atomic E-state index is 0.00976. The van der Waals surface area contributed by atoms with Crippen molar-refractivity contribution in [3.05, 3.63) is 58.5 Å². The zero-order valence-electron chi connectivity index (χ0n) is 23.4. The van der Waals surface area contributed by atoms with Gasteiger partial charge in [-0.25, -0.2) is 9.59 Å². The Morgan fingerprint density at radius 3 is 2.46 bits per heavy atom. The number of carbonyl (C=O) groups is 4. The zero-order chi connectivity index (χ0) is 30.0. The second kappa shape index (κ2) is 14.0. The number of hydrogen-bond acceptors (Lipinski definition) is 9. The average molecular weight is 571 g/mol. The number of esters is 1. The van der Waals surface area contributed by atoms with Crippen LogP contribution in [0.25, 0.3) is 11.0 Å². The van der Waals surface area contributed by atoms with Gasteiger partial charge in [-0.2, -0.15) is 4.98 Å². The van der Waals surface area contributed by atoms with Gasteiger partial charge in [0.2, 0.25) is 11.9 Å². The molecule has 3 rings (SSSR count). The van der Waals surface area contributed by atoms with E-state index in [1.165, 1.54) is 21.7 Å². The molecule has 14 heteroatoms. The van der Waals surface area contributed by atoms with Gasteiger partial charge in [-0.05, 0) is 39.3 Å². The molecule has 3 aromatic rings. The van der Waals surface area contributed by atoms with E-state index in [4.69, 9.17) is 14.2 Å². The van der Waals surface area contributed by atoms with Gasteiger partial charge < -0.3 is 29.0 Å². The molecular weight excluding hydrogens is 536 g/mol. The van der Waals surface area contributed by atoms with E-state index < -0.39 is 35.2 Å². The van der Waals surface area contributed by atoms with Gasteiger partial charge in [-0.3, -0.25) is 24.7 Å². The summed E-state index contributed by atoms with van der Waals surface area (Å²) in [6.07, 6.45) is -0.00380. The van der Waals surface area contributed by atoms with Crippen LogP contribution in [0.3, 0.4) is 0 Å². The molecule has 0 saturated heterocycles. The standard InChI is InChI=1S/C27H34N6O8/c1-5-39-21(35)16-32(14-12-28-25(37)41-27(2,3)4)20(34)15-33-13-11-19-22(33)29-24(30-23(19)36)31-26(38)40-17-18-9-7-6-8-10-18/h6-11,13H,5,12,14-17H2,1-4H3,(H,28,37)(H2,29,30,31,36,38). The molecule has 3 amide bonds. The van der Waals surface area contributed by atoms with Crippen molar-refractivity contribution in [1.29, 1.82) is 0 Å². The summed E-state index contributed by atoms with van der Waals surface area (Å²) in [5.41, 5.74) is -0.328. The lowest BCUT2D eigenvalue weighted by atomic mass is 10.2. The normalized spacial score (nSPS) is 11.0. The minimum Gasteiger partial charge on any atom is -0.465 e. The number of aromatic amines is 1. The van der Waals surface area contributed by atoms with Crippen LogP contribution >= 0.6 is 0 Å². The van der Waals surface area contributed by atoms with E-state index in [1.54, 1.807) is 39.8 Å². The van der Waals surface area contributed by atoms with Gasteiger partial charge in [0.25, 0.3) is 5.56 Å². The van der Waals surface area contributed by atoms with E-state index in [0.29, 0.717) is 0 Å².